The van der Waals surface area contributed by atoms with Gasteiger partial charge in [-0.3, -0.25) is 0 Å². The molecule has 0 saturated carbocycles. The van der Waals surface area contributed by atoms with Crippen LogP contribution in [0, 0.1) is 0 Å². The summed E-state index contributed by atoms with van der Waals surface area (Å²) in [5, 5.41) is 3.40. The first-order chi connectivity index (χ1) is 21.5. The molecule has 0 spiro atoms. The second kappa shape index (κ2) is 13.8. The van der Waals surface area contributed by atoms with Crippen molar-refractivity contribution in [1.29, 1.82) is 0 Å². The van der Waals surface area contributed by atoms with E-state index in [0.717, 1.165) is 11.4 Å². The fourth-order valence-electron chi connectivity index (χ4n) is 7.27. The van der Waals surface area contributed by atoms with Gasteiger partial charge in [-0.2, -0.15) is 0 Å². The van der Waals surface area contributed by atoms with Gasteiger partial charge in [-0.15, -0.1) is 0 Å². The summed E-state index contributed by atoms with van der Waals surface area (Å²) in [7, 11) is 0. The normalized spacial score (nSPS) is 14.0. The second-order valence-electron chi connectivity index (χ2n) is 14.7. The number of allylic oxidation sites excluding steroid dienone is 4. The van der Waals surface area contributed by atoms with Crippen molar-refractivity contribution < 1.29 is 46.1 Å². The molecule has 4 heteroatoms. The first kappa shape index (κ1) is 35.8. The predicted octanol–water partition coefficient (Wildman–Crippen LogP) is 5.09. The average molecular weight is 755 g/mol. The van der Waals surface area contributed by atoms with Crippen LogP contribution in [0.1, 0.15) is 74.9 Å². The molecule has 0 atom stereocenters. The molecule has 0 N–H and O–H groups in total. The molecule has 0 nitrogen and oxygen atoms in total. The Labute approximate surface area is 305 Å². The molecule has 0 unspecified atom stereocenters. The van der Waals surface area contributed by atoms with Crippen LogP contribution in [0.2, 0.25) is 8.65 Å². The van der Waals surface area contributed by atoms with Gasteiger partial charge < -0.3 is 24.8 Å². The molecule has 0 saturated heterocycles. The summed E-state index contributed by atoms with van der Waals surface area (Å²) < 4.78 is 3.64. The van der Waals surface area contributed by atoms with Gasteiger partial charge in [0.15, 0.2) is 0 Å². The van der Waals surface area contributed by atoms with E-state index in [4.69, 9.17) is 11.6 Å². The molecule has 47 heavy (non-hydrogen) atoms. The summed E-state index contributed by atoms with van der Waals surface area (Å²) >= 11 is 3.65. The van der Waals surface area contributed by atoms with Gasteiger partial charge in [0.2, 0.25) is 0 Å². The van der Waals surface area contributed by atoms with Crippen LogP contribution in [0.3, 0.4) is 0 Å². The van der Waals surface area contributed by atoms with Crippen molar-refractivity contribution in [2.24, 2.45) is 0 Å². The van der Waals surface area contributed by atoms with Crippen molar-refractivity contribution in [3.63, 3.8) is 0 Å². The van der Waals surface area contributed by atoms with Crippen LogP contribution in [0.5, 0.6) is 0 Å². The summed E-state index contributed by atoms with van der Waals surface area (Å²) in [5.41, 5.74) is 11.6. The first-order valence-electron chi connectivity index (χ1n) is 16.1. The van der Waals surface area contributed by atoms with Crippen LogP contribution in [-0.4, -0.2) is 3.21 Å². The smallest absolute Gasteiger partial charge is 1.00 e. The van der Waals surface area contributed by atoms with Crippen molar-refractivity contribution in [3.8, 4) is 11.1 Å². The largest absolute Gasteiger partial charge is 1.00 e. The van der Waals surface area contributed by atoms with Crippen molar-refractivity contribution in [3.05, 3.63) is 160 Å². The molecular formula is C43H41Cl3Zr. The van der Waals surface area contributed by atoms with Crippen LogP contribution >= 0.6 is 11.6 Å². The van der Waals surface area contributed by atoms with Gasteiger partial charge in [-0.25, -0.2) is 0 Å². The van der Waals surface area contributed by atoms with Crippen molar-refractivity contribution in [2.45, 2.75) is 62.4 Å². The zero-order valence-electron chi connectivity index (χ0n) is 28.0. The van der Waals surface area contributed by atoms with E-state index in [9.17, 15) is 0 Å². The van der Waals surface area contributed by atoms with Crippen LogP contribution in [0.25, 0.3) is 21.9 Å². The predicted molar refractivity (Wildman–Crippen MR) is 192 cm³/mol. The number of hydrogen-bond acceptors (Lipinski definition) is 0. The first-order valence-corrected chi connectivity index (χ1v) is 20.4. The minimum atomic E-state index is -2.87. The Balaban J connectivity index is 0.00000217. The number of halogens is 3. The Morgan fingerprint density at radius 3 is 2.04 bits per heavy atom. The monoisotopic (exact) mass is 752 g/mol. The van der Waals surface area contributed by atoms with Crippen molar-refractivity contribution >= 4 is 28.9 Å². The molecule has 0 bridgehead atoms. The molecule has 0 heterocycles. The average Bonchev–Trinajstić information content (AvgIpc) is 3.67. The molecule has 0 aliphatic heterocycles. The maximum atomic E-state index is 6.52. The van der Waals surface area contributed by atoms with Crippen LogP contribution in [0.4, 0.5) is 0 Å². The van der Waals surface area contributed by atoms with Gasteiger partial charge in [0.25, 0.3) is 0 Å². The molecule has 0 radical (unpaired) electrons. The Hall–Kier alpha value is -2.54. The summed E-state index contributed by atoms with van der Waals surface area (Å²) in [5.74, 6) is 0. The Morgan fingerprint density at radius 1 is 0.702 bits per heavy atom. The molecule has 0 amide bonds. The molecule has 5 aromatic carbocycles. The third-order valence-corrected chi connectivity index (χ3v) is 17.8. The van der Waals surface area contributed by atoms with Crippen LogP contribution in [-0.2, 0) is 38.5 Å². The maximum absolute atomic E-state index is 6.52. The fourth-order valence-corrected chi connectivity index (χ4v) is 16.8. The van der Waals surface area contributed by atoms with E-state index in [2.05, 4.69) is 163 Å². The molecule has 5 aromatic rings. The van der Waals surface area contributed by atoms with Gasteiger partial charge in [0.05, 0.1) is 0 Å². The van der Waals surface area contributed by atoms with E-state index in [1.807, 2.05) is 0 Å². The van der Waals surface area contributed by atoms with Crippen molar-refractivity contribution in [1.82, 2.24) is 0 Å². The fraction of sp³-hybridized carbons (Fsp3) is 0.233. The quantitative estimate of drug-likeness (QED) is 0.236. The number of rotatable bonds is 4. The van der Waals surface area contributed by atoms with Crippen LogP contribution in [0.15, 0.2) is 121 Å². The SMILES string of the molecule is CC(C)(C)c1ccc2c(c1)Cc1c-2ccc(C(C)(C)C)[c]1[Zr+2](=[C](c1ccc(Cl)cc1)c1cccc2ccccc12)[CH]1C=CC=C1.[Cl-].[Cl-]. The second-order valence-corrected chi connectivity index (χ2v) is 21.2. The molecule has 2 aliphatic carbocycles. The minimum absolute atomic E-state index is 0. The van der Waals surface area contributed by atoms with E-state index in [1.165, 1.54) is 49.7 Å². The molecule has 2 aliphatic rings. The third-order valence-electron chi connectivity index (χ3n) is 9.56. The maximum Gasteiger partial charge on any atom is -1.00 e. The molecule has 0 aromatic heterocycles. The van der Waals surface area contributed by atoms with Gasteiger partial charge in [-0.05, 0) is 0 Å². The van der Waals surface area contributed by atoms with Gasteiger partial charge in [0, 0.05) is 0 Å². The number of benzene rings is 5. The van der Waals surface area contributed by atoms with Gasteiger partial charge in [-0.1, -0.05) is 0 Å². The minimum Gasteiger partial charge on any atom is -1.00 e. The van der Waals surface area contributed by atoms with Gasteiger partial charge >= 0.3 is 283 Å². The third kappa shape index (κ3) is 6.72. The van der Waals surface area contributed by atoms with Crippen LogP contribution < -0.4 is 28.1 Å². The van der Waals surface area contributed by atoms with Gasteiger partial charge in [0.1, 0.15) is 0 Å². The van der Waals surface area contributed by atoms with E-state index in [1.54, 1.807) is 12.0 Å². The summed E-state index contributed by atoms with van der Waals surface area (Å²) in [6.07, 6.45) is 10.5. The van der Waals surface area contributed by atoms with E-state index in [0.29, 0.717) is 3.63 Å². The summed E-state index contributed by atoms with van der Waals surface area (Å²) in [6, 6.07) is 36.6. The summed E-state index contributed by atoms with van der Waals surface area (Å²) in [6.45, 7) is 14.2. The van der Waals surface area contributed by atoms with E-state index >= 15 is 0 Å². The standard InChI is InChI=1S/C21H25.C17H11Cl.C5H5.2ClH.Zr/c1-20(2,3)16-7-9-18-14(12-16)11-15-13-17(21(4,5)6)8-10-19(15)18;18-16-10-8-13(9-11-16)12-15-6-3-5-14-4-1-2-7-17(14)15;1-2-4-5-3-1;;;/h7-10,12H,11H2,1-6H3;1-11H;1-5H;2*1H;/q;;;;;+2/p-2. The van der Waals surface area contributed by atoms with Crippen molar-refractivity contribution in [2.75, 3.05) is 0 Å². The van der Waals surface area contributed by atoms with E-state index in [-0.39, 0.29) is 35.6 Å². The number of fused-ring (bicyclic) bond motifs is 4. The Morgan fingerprint density at radius 2 is 1.36 bits per heavy atom. The Kier molecular flexibility index (Phi) is 10.5. The molecule has 238 valence electrons. The molecular weight excluding hydrogens is 714 g/mol. The molecule has 7 rings (SSSR count). The number of hydrogen-bond donors (Lipinski definition) is 0. The zero-order valence-corrected chi connectivity index (χ0v) is 32.7. The zero-order chi connectivity index (χ0) is 31.5. The summed E-state index contributed by atoms with van der Waals surface area (Å²) in [4.78, 5) is 0. The Bertz CT molecular complexity index is 2030. The van der Waals surface area contributed by atoms with E-state index < -0.39 is 21.3 Å². The topological polar surface area (TPSA) is 0 Å². The molecule has 0 fully saturated rings.